The third kappa shape index (κ3) is 4.15. The molecular formula is C5H3KN6O12. The van der Waals surface area contributed by atoms with Crippen LogP contribution < -0.4 is 61.7 Å². The van der Waals surface area contributed by atoms with Gasteiger partial charge in [0.1, 0.15) is 25.7 Å². The molecule has 0 amide bonds. The van der Waals surface area contributed by atoms with Crippen LogP contribution in [-0.2, 0) is 9.73 Å². The summed E-state index contributed by atoms with van der Waals surface area (Å²) in [4.78, 5) is 50.5. The maximum Gasteiger partial charge on any atom is 1.00 e. The summed E-state index contributed by atoms with van der Waals surface area (Å²) < 4.78 is 0. The van der Waals surface area contributed by atoms with E-state index in [-0.39, 0.29) is 51.4 Å². The standard InChI is InChI=1S/C5H4N6O12.K/c12-4(13)2-1(3(7(14)15)8(16)17)6(23-11(2)22)5(9(18)19)10(20)21;/h3,5,11H,(H,12,13);/q;+1/p-1. The van der Waals surface area contributed by atoms with Crippen molar-refractivity contribution >= 4 is 5.97 Å². The van der Waals surface area contributed by atoms with E-state index in [0.717, 1.165) is 0 Å². The second-order valence-electron chi connectivity index (χ2n) is 3.61. The monoisotopic (exact) mass is 378 g/mol. The zero-order chi connectivity index (χ0) is 18.1. The van der Waals surface area contributed by atoms with Crippen LogP contribution in [0.2, 0.25) is 0 Å². The van der Waals surface area contributed by atoms with Gasteiger partial charge in [-0.2, -0.15) is 5.23 Å². The summed E-state index contributed by atoms with van der Waals surface area (Å²) in [6.07, 6.45) is -6.50. The van der Waals surface area contributed by atoms with Crippen molar-refractivity contribution < 1.29 is 91.1 Å². The smallest absolute Gasteiger partial charge is 0.593 e. The van der Waals surface area contributed by atoms with Crippen molar-refractivity contribution in [2.75, 3.05) is 0 Å². The van der Waals surface area contributed by atoms with Crippen LogP contribution in [0.25, 0.3) is 0 Å². The first-order valence-corrected chi connectivity index (χ1v) is 5.01. The van der Waals surface area contributed by atoms with Gasteiger partial charge in [0.2, 0.25) is 5.70 Å². The first-order chi connectivity index (χ1) is 10.5. The largest absolute Gasteiger partial charge is 1.00 e. The van der Waals surface area contributed by atoms with Crippen LogP contribution in [0.15, 0.2) is 11.4 Å². The molecule has 1 N–H and O–H groups in total. The van der Waals surface area contributed by atoms with Crippen LogP contribution in [-0.4, -0.2) is 43.2 Å². The molecule has 19 heteroatoms. The van der Waals surface area contributed by atoms with E-state index in [1.807, 2.05) is 0 Å². The average Bonchev–Trinajstić information content (AvgIpc) is 2.64. The molecule has 0 saturated carbocycles. The van der Waals surface area contributed by atoms with Crippen molar-refractivity contribution in [2.45, 2.75) is 12.5 Å². The minimum absolute atomic E-state index is 0. The maximum atomic E-state index is 11.3. The molecule has 1 atom stereocenters. The molecule has 1 aliphatic heterocycles. The molecule has 0 aromatic heterocycles. The van der Waals surface area contributed by atoms with Gasteiger partial charge in [0.15, 0.2) is 0 Å². The van der Waals surface area contributed by atoms with Gasteiger partial charge in [0.05, 0.1) is 0 Å². The topological polar surface area (TPSA) is 253 Å². The fourth-order valence-corrected chi connectivity index (χ4v) is 1.53. The SMILES string of the molecule is O=C([O-])C1=C(C([N+](=O)[O-])[N+](=O)[O-])N(C([N+](=O)[O-])[N+](=O)[O-])O[NH+]1[O-].[K+]. The van der Waals surface area contributed by atoms with Gasteiger partial charge in [0.25, 0.3) is 5.70 Å². The Morgan fingerprint density at radius 1 is 1.00 bits per heavy atom. The van der Waals surface area contributed by atoms with Gasteiger partial charge in [0, 0.05) is 0 Å². The van der Waals surface area contributed by atoms with Crippen LogP contribution in [0.1, 0.15) is 0 Å². The van der Waals surface area contributed by atoms with Crippen LogP contribution in [0.5, 0.6) is 0 Å². The van der Waals surface area contributed by atoms with Crippen molar-refractivity contribution in [2.24, 2.45) is 0 Å². The van der Waals surface area contributed by atoms with Gasteiger partial charge in [-0.3, -0.25) is 40.5 Å². The van der Waals surface area contributed by atoms with E-state index in [1.165, 1.54) is 0 Å². The van der Waals surface area contributed by atoms with Gasteiger partial charge < -0.3 is 15.1 Å². The van der Waals surface area contributed by atoms with Crippen LogP contribution >= 0.6 is 0 Å². The van der Waals surface area contributed by atoms with Crippen molar-refractivity contribution in [1.82, 2.24) is 5.06 Å². The first-order valence-electron chi connectivity index (χ1n) is 5.01. The molecular weight excluding hydrogens is 375 g/mol. The van der Waals surface area contributed by atoms with Gasteiger partial charge >= 0.3 is 63.8 Å². The zero-order valence-corrected chi connectivity index (χ0v) is 14.4. The quantitative estimate of drug-likeness (QED) is 0.142. The Morgan fingerprint density at radius 3 is 1.71 bits per heavy atom. The first kappa shape index (κ1) is 22.1. The molecule has 1 heterocycles. The van der Waals surface area contributed by atoms with E-state index in [1.54, 1.807) is 0 Å². The Morgan fingerprint density at radius 2 is 1.42 bits per heavy atom. The minimum atomic E-state index is -3.25. The van der Waals surface area contributed by atoms with E-state index < -0.39 is 59.8 Å². The fraction of sp³-hybridized carbons (Fsp3) is 0.400. The van der Waals surface area contributed by atoms with Crippen LogP contribution in [0.3, 0.4) is 0 Å². The van der Waals surface area contributed by atoms with Gasteiger partial charge in [-0.25, -0.2) is 0 Å². The molecule has 0 spiro atoms. The second kappa shape index (κ2) is 8.29. The molecule has 0 saturated heterocycles. The van der Waals surface area contributed by atoms with Gasteiger partial charge in [-0.1, -0.05) is 4.94 Å². The van der Waals surface area contributed by atoms with Crippen molar-refractivity contribution in [3.63, 3.8) is 0 Å². The Balaban J connectivity index is 0.00000529. The number of carbonyl (C=O) groups excluding carboxylic acids is 1. The molecule has 0 aliphatic carbocycles. The summed E-state index contributed by atoms with van der Waals surface area (Å²) in [7, 11) is 0. The van der Waals surface area contributed by atoms with E-state index in [2.05, 4.69) is 4.94 Å². The molecule has 0 radical (unpaired) electrons. The summed E-state index contributed by atoms with van der Waals surface area (Å²) in [6.45, 7) is 0. The Bertz CT molecular complexity index is 605. The minimum Gasteiger partial charge on any atom is -0.593 e. The van der Waals surface area contributed by atoms with E-state index in [9.17, 15) is 55.6 Å². The molecule has 1 unspecified atom stereocenters. The number of nitro groups is 4. The van der Waals surface area contributed by atoms with Crippen LogP contribution in [0, 0.1) is 45.7 Å². The molecule has 0 aromatic carbocycles. The van der Waals surface area contributed by atoms with Crippen molar-refractivity contribution in [3.05, 3.63) is 57.1 Å². The second-order valence-corrected chi connectivity index (χ2v) is 3.61. The molecule has 0 fully saturated rings. The molecule has 1 rings (SSSR count). The van der Waals surface area contributed by atoms with Crippen molar-refractivity contribution in [1.29, 1.82) is 0 Å². The number of carbonyl (C=O) groups is 1. The number of hydroxylamine groups is 4. The van der Waals surface area contributed by atoms with E-state index in [0.29, 0.717) is 0 Å². The summed E-state index contributed by atoms with van der Waals surface area (Å²) in [6, 6.07) is 0. The number of hydrogen-bond acceptors (Lipinski definition) is 13. The third-order valence-corrected chi connectivity index (χ3v) is 2.31. The zero-order valence-electron chi connectivity index (χ0n) is 11.3. The number of hydrogen-bond donors (Lipinski definition) is 1. The molecule has 126 valence electrons. The van der Waals surface area contributed by atoms with Gasteiger partial charge in [-0.15, -0.1) is 0 Å². The van der Waals surface area contributed by atoms with E-state index in [4.69, 9.17) is 0 Å². The fourth-order valence-electron chi connectivity index (χ4n) is 1.53. The normalized spacial score (nSPS) is 17.0. The molecule has 0 aromatic rings. The average molecular weight is 378 g/mol. The van der Waals surface area contributed by atoms with Crippen molar-refractivity contribution in [3.8, 4) is 0 Å². The molecule has 24 heavy (non-hydrogen) atoms. The number of carboxylic acid groups (broad SMARTS) is 1. The summed E-state index contributed by atoms with van der Waals surface area (Å²) in [5.74, 6) is -2.51. The maximum absolute atomic E-state index is 11.3. The Kier molecular flexibility index (Phi) is 7.64. The van der Waals surface area contributed by atoms with E-state index >= 15 is 0 Å². The summed E-state index contributed by atoms with van der Waals surface area (Å²) in [5.41, 5.74) is -3.61. The number of aliphatic carboxylic acids is 1. The predicted molar refractivity (Wildman–Crippen MR) is 54.8 cm³/mol. The molecule has 18 nitrogen and oxygen atoms in total. The number of nitrogens with zero attached hydrogens (tertiary/aromatic N) is 5. The van der Waals surface area contributed by atoms with Gasteiger partial charge in [-0.05, 0) is 5.06 Å². The summed E-state index contributed by atoms with van der Waals surface area (Å²) in [5, 5.41) is 62.0. The Hall–Kier alpha value is -1.87. The number of quaternary nitrogens is 1. The summed E-state index contributed by atoms with van der Waals surface area (Å²) >= 11 is 0. The molecule has 1 aliphatic rings. The number of rotatable bonds is 7. The van der Waals surface area contributed by atoms with Crippen LogP contribution in [0.4, 0.5) is 0 Å². The number of carboxylic acids is 1. The third-order valence-electron chi connectivity index (χ3n) is 2.31. The molecule has 0 bridgehead atoms. The predicted octanol–water partition coefficient (Wildman–Crippen LogP) is -7.79. The number of nitrogens with one attached hydrogen (secondary N) is 1. The Labute approximate surface area is 170 Å².